The Morgan fingerprint density at radius 1 is 1.23 bits per heavy atom. The molecular formula is C23H31FN4O2S. The summed E-state index contributed by atoms with van der Waals surface area (Å²) in [5, 5.41) is 3.23. The van der Waals surface area contributed by atoms with E-state index in [2.05, 4.69) is 29.0 Å². The van der Waals surface area contributed by atoms with Crippen LogP contribution in [0.5, 0.6) is 0 Å². The Morgan fingerprint density at radius 3 is 2.71 bits per heavy atom. The first-order chi connectivity index (χ1) is 15.0. The van der Waals surface area contributed by atoms with E-state index in [-0.39, 0.29) is 23.0 Å². The van der Waals surface area contributed by atoms with Crippen molar-refractivity contribution in [2.24, 2.45) is 0 Å². The summed E-state index contributed by atoms with van der Waals surface area (Å²) in [5.74, 6) is -0.701. The highest BCUT2D eigenvalue weighted by Crippen LogP contribution is 2.28. The van der Waals surface area contributed by atoms with E-state index in [0.29, 0.717) is 11.6 Å². The molecule has 0 radical (unpaired) electrons. The predicted octanol–water partition coefficient (Wildman–Crippen LogP) is 3.72. The van der Waals surface area contributed by atoms with E-state index < -0.39 is 5.82 Å². The van der Waals surface area contributed by atoms with Gasteiger partial charge in [0.2, 0.25) is 5.91 Å². The number of benzene rings is 1. The Bertz CT molecular complexity index is 959. The number of nitrogens with zero attached hydrogens (tertiary/aromatic N) is 3. The van der Waals surface area contributed by atoms with E-state index >= 15 is 0 Å². The average Bonchev–Trinajstić information content (AvgIpc) is 2.78. The van der Waals surface area contributed by atoms with E-state index in [1.54, 1.807) is 12.1 Å². The van der Waals surface area contributed by atoms with E-state index in [9.17, 15) is 14.0 Å². The molecule has 0 saturated heterocycles. The highest BCUT2D eigenvalue weighted by molar-refractivity contribution is 8.00. The number of amides is 1. The second-order valence-corrected chi connectivity index (χ2v) is 8.64. The number of para-hydroxylation sites is 1. The van der Waals surface area contributed by atoms with E-state index in [1.807, 2.05) is 4.57 Å². The number of nitrogens with one attached hydrogen (secondary N) is 1. The van der Waals surface area contributed by atoms with Gasteiger partial charge in [0.25, 0.3) is 0 Å². The number of hydrogen-bond donors (Lipinski definition) is 1. The predicted molar refractivity (Wildman–Crippen MR) is 123 cm³/mol. The Labute approximate surface area is 187 Å². The van der Waals surface area contributed by atoms with Gasteiger partial charge in [-0.05, 0) is 63.9 Å². The molecule has 0 unspecified atom stereocenters. The van der Waals surface area contributed by atoms with Gasteiger partial charge in [-0.2, -0.15) is 4.98 Å². The zero-order valence-electron chi connectivity index (χ0n) is 18.3. The quantitative estimate of drug-likeness (QED) is 0.445. The first-order valence-electron chi connectivity index (χ1n) is 11.1. The molecule has 1 N–H and O–H groups in total. The zero-order valence-corrected chi connectivity index (χ0v) is 19.1. The highest BCUT2D eigenvalue weighted by atomic mass is 32.2. The van der Waals surface area contributed by atoms with Gasteiger partial charge >= 0.3 is 5.69 Å². The van der Waals surface area contributed by atoms with Crippen LogP contribution in [0.15, 0.2) is 34.1 Å². The number of carbonyl (C=O) groups excluding carboxylic acids is 1. The molecule has 2 aromatic rings. The molecule has 1 aromatic heterocycles. The van der Waals surface area contributed by atoms with Crippen molar-refractivity contribution in [3.8, 4) is 0 Å². The van der Waals surface area contributed by atoms with Gasteiger partial charge in [0.1, 0.15) is 10.8 Å². The minimum Gasteiger partial charge on any atom is -0.323 e. The van der Waals surface area contributed by atoms with Crippen LogP contribution in [-0.4, -0.2) is 45.7 Å². The van der Waals surface area contributed by atoms with E-state index in [1.165, 1.54) is 23.9 Å². The molecule has 8 heteroatoms. The lowest BCUT2D eigenvalue weighted by Crippen LogP contribution is -2.32. The fourth-order valence-corrected chi connectivity index (χ4v) is 4.85. The number of hydrogen-bond acceptors (Lipinski definition) is 5. The summed E-state index contributed by atoms with van der Waals surface area (Å²) >= 11 is 1.26. The van der Waals surface area contributed by atoms with Crippen molar-refractivity contribution in [1.82, 2.24) is 14.5 Å². The third kappa shape index (κ3) is 6.17. The lowest BCUT2D eigenvalue weighted by molar-refractivity contribution is -0.113. The number of fused-ring (bicyclic) bond motifs is 1. The number of anilines is 1. The summed E-state index contributed by atoms with van der Waals surface area (Å²) < 4.78 is 15.6. The third-order valence-electron chi connectivity index (χ3n) is 5.69. The number of rotatable bonds is 10. The molecule has 0 aliphatic heterocycles. The maximum Gasteiger partial charge on any atom is 0.348 e. The molecule has 6 nitrogen and oxygen atoms in total. The van der Waals surface area contributed by atoms with Crippen LogP contribution in [-0.2, 0) is 24.2 Å². The highest BCUT2D eigenvalue weighted by Gasteiger charge is 2.21. The van der Waals surface area contributed by atoms with Crippen LogP contribution in [0, 0.1) is 5.82 Å². The molecule has 0 saturated carbocycles. The van der Waals surface area contributed by atoms with Crippen LogP contribution in [0.25, 0.3) is 0 Å². The van der Waals surface area contributed by atoms with Crippen LogP contribution in [0.1, 0.15) is 44.4 Å². The van der Waals surface area contributed by atoms with E-state index in [0.717, 1.165) is 63.0 Å². The van der Waals surface area contributed by atoms with Gasteiger partial charge < -0.3 is 10.2 Å². The monoisotopic (exact) mass is 446 g/mol. The lowest BCUT2D eigenvalue weighted by atomic mass is 9.97. The molecular weight excluding hydrogens is 415 g/mol. The van der Waals surface area contributed by atoms with Crippen molar-refractivity contribution in [3.63, 3.8) is 0 Å². The minimum absolute atomic E-state index is 0.0825. The topological polar surface area (TPSA) is 67.2 Å². The van der Waals surface area contributed by atoms with Crippen LogP contribution < -0.4 is 11.0 Å². The van der Waals surface area contributed by atoms with Crippen LogP contribution in [0.2, 0.25) is 0 Å². The molecule has 3 rings (SSSR count). The van der Waals surface area contributed by atoms with Gasteiger partial charge in [-0.15, -0.1) is 0 Å². The van der Waals surface area contributed by atoms with Crippen molar-refractivity contribution in [2.75, 3.05) is 30.7 Å². The van der Waals surface area contributed by atoms with Crippen molar-refractivity contribution >= 4 is 23.4 Å². The van der Waals surface area contributed by atoms with Crippen LogP contribution in [0.3, 0.4) is 0 Å². The third-order valence-corrected chi connectivity index (χ3v) is 6.71. The maximum absolute atomic E-state index is 13.8. The maximum atomic E-state index is 13.8. The molecule has 0 atom stereocenters. The van der Waals surface area contributed by atoms with Gasteiger partial charge in [-0.3, -0.25) is 9.36 Å². The van der Waals surface area contributed by atoms with Crippen LogP contribution in [0.4, 0.5) is 10.1 Å². The zero-order chi connectivity index (χ0) is 22.2. The first kappa shape index (κ1) is 23.5. The Balaban J connectivity index is 1.70. The van der Waals surface area contributed by atoms with Crippen molar-refractivity contribution < 1.29 is 9.18 Å². The lowest BCUT2D eigenvalue weighted by Gasteiger charge is -2.23. The van der Waals surface area contributed by atoms with Crippen LogP contribution >= 0.6 is 11.8 Å². The van der Waals surface area contributed by atoms with Gasteiger partial charge in [0, 0.05) is 17.8 Å². The minimum atomic E-state index is -0.469. The molecule has 1 aromatic carbocycles. The molecule has 0 spiro atoms. The summed E-state index contributed by atoms with van der Waals surface area (Å²) in [6.07, 6.45) is 4.77. The largest absolute Gasteiger partial charge is 0.348 e. The average molecular weight is 447 g/mol. The fraction of sp³-hybridized carbons (Fsp3) is 0.522. The summed E-state index contributed by atoms with van der Waals surface area (Å²) in [7, 11) is 0. The Hall–Kier alpha value is -2.19. The number of thioether (sulfide) groups is 1. The molecule has 1 amide bonds. The van der Waals surface area contributed by atoms with E-state index in [4.69, 9.17) is 0 Å². The Kier molecular flexibility index (Phi) is 8.66. The Morgan fingerprint density at radius 2 is 1.97 bits per heavy atom. The molecule has 0 bridgehead atoms. The second kappa shape index (κ2) is 11.4. The van der Waals surface area contributed by atoms with Gasteiger partial charge in [-0.25, -0.2) is 9.18 Å². The number of halogens is 1. The molecule has 1 heterocycles. The molecule has 1 aliphatic carbocycles. The van der Waals surface area contributed by atoms with Gasteiger partial charge in [0.15, 0.2) is 0 Å². The second-order valence-electron chi connectivity index (χ2n) is 7.68. The molecule has 31 heavy (non-hydrogen) atoms. The molecule has 0 fully saturated rings. The molecule has 168 valence electrons. The number of aromatic nitrogens is 2. The summed E-state index contributed by atoms with van der Waals surface area (Å²) in [5.41, 5.74) is 2.09. The first-order valence-corrected chi connectivity index (χ1v) is 12.0. The van der Waals surface area contributed by atoms with Gasteiger partial charge in [-0.1, -0.05) is 37.7 Å². The van der Waals surface area contributed by atoms with Crippen molar-refractivity contribution in [2.45, 2.75) is 57.5 Å². The standard InChI is InChI=1S/C23H31FN4O2S/c1-3-27(4-2)14-9-15-28-20-13-8-5-10-17(20)22(26-23(28)30)31-16-21(29)25-19-12-7-6-11-18(19)24/h6-7,11-12H,3-5,8-10,13-16H2,1-2H3,(H,25,29). The van der Waals surface area contributed by atoms with Crippen molar-refractivity contribution in [1.29, 1.82) is 0 Å². The summed E-state index contributed by atoms with van der Waals surface area (Å²) in [6, 6.07) is 6.08. The number of carbonyl (C=O) groups is 1. The summed E-state index contributed by atoms with van der Waals surface area (Å²) in [6.45, 7) is 7.93. The molecule has 1 aliphatic rings. The van der Waals surface area contributed by atoms with Crippen molar-refractivity contribution in [3.05, 3.63) is 51.8 Å². The smallest absolute Gasteiger partial charge is 0.323 e. The summed E-state index contributed by atoms with van der Waals surface area (Å²) in [4.78, 5) is 31.8. The SMILES string of the molecule is CCN(CC)CCCn1c2c(c(SCC(=O)Nc3ccccc3F)nc1=O)CCCC2. The fourth-order valence-electron chi connectivity index (χ4n) is 3.97. The van der Waals surface area contributed by atoms with Gasteiger partial charge in [0.05, 0.1) is 11.4 Å². The normalized spacial score (nSPS) is 13.3.